The van der Waals surface area contributed by atoms with Crippen LogP contribution in [-0.2, 0) is 9.59 Å². The highest BCUT2D eigenvalue weighted by molar-refractivity contribution is 7.11. The predicted molar refractivity (Wildman–Crippen MR) is 110 cm³/mol. The van der Waals surface area contributed by atoms with Gasteiger partial charge in [0.05, 0.1) is 11.3 Å². The Morgan fingerprint density at radius 2 is 1.78 bits per heavy atom. The fourth-order valence-electron chi connectivity index (χ4n) is 4.15. The predicted octanol–water partition coefficient (Wildman–Crippen LogP) is 4.66. The third-order valence-corrected chi connectivity index (χ3v) is 6.20. The molecule has 0 bridgehead atoms. The normalized spacial score (nSPS) is 23.5. The highest BCUT2D eigenvalue weighted by Gasteiger charge is 2.44. The van der Waals surface area contributed by atoms with Gasteiger partial charge in [0.25, 0.3) is 11.8 Å². The van der Waals surface area contributed by atoms with Crippen LogP contribution >= 0.6 is 22.9 Å². The van der Waals surface area contributed by atoms with Crippen molar-refractivity contribution in [3.8, 4) is 0 Å². The first kappa shape index (κ1) is 18.3. The molecule has 1 saturated heterocycles. The minimum Gasteiger partial charge on any atom is -0.366 e. The molecule has 2 unspecified atom stereocenters. The number of carbonyl (C=O) groups excluding carboxylic acids is 2. The molecule has 0 radical (unpaired) electrons. The number of benzene rings is 1. The number of piperidine rings is 1. The Morgan fingerprint density at radius 1 is 1.04 bits per heavy atom. The molecule has 3 heterocycles. The van der Waals surface area contributed by atoms with E-state index in [1.807, 2.05) is 17.5 Å². The number of likely N-dealkylation sites (tertiary alicyclic amines) is 1. The Hall–Kier alpha value is -2.11. The molecule has 1 aromatic heterocycles. The van der Waals surface area contributed by atoms with Gasteiger partial charge in [0.2, 0.25) is 0 Å². The van der Waals surface area contributed by atoms with E-state index in [4.69, 9.17) is 11.6 Å². The first-order valence-electron chi connectivity index (χ1n) is 9.13. The van der Waals surface area contributed by atoms with E-state index in [1.165, 1.54) is 16.2 Å². The van der Waals surface area contributed by atoms with Crippen LogP contribution in [0, 0.1) is 11.8 Å². The van der Waals surface area contributed by atoms with E-state index < -0.39 is 0 Å². The molecule has 1 fully saturated rings. The van der Waals surface area contributed by atoms with Gasteiger partial charge < -0.3 is 4.90 Å². The van der Waals surface area contributed by atoms with Crippen molar-refractivity contribution in [1.29, 1.82) is 0 Å². The second-order valence-electron chi connectivity index (χ2n) is 7.48. The summed E-state index contributed by atoms with van der Waals surface area (Å²) >= 11 is 7.59. The number of anilines is 1. The molecule has 27 heavy (non-hydrogen) atoms. The molecule has 140 valence electrons. The van der Waals surface area contributed by atoms with Crippen LogP contribution in [0.1, 0.15) is 25.1 Å². The highest BCUT2D eigenvalue weighted by Crippen LogP contribution is 2.38. The first-order chi connectivity index (χ1) is 13.0. The number of rotatable bonds is 3. The van der Waals surface area contributed by atoms with Gasteiger partial charge in [0, 0.05) is 23.0 Å². The smallest absolute Gasteiger partial charge is 0.282 e. The van der Waals surface area contributed by atoms with Gasteiger partial charge in [-0.3, -0.25) is 9.59 Å². The molecule has 0 N–H and O–H groups in total. The minimum atomic E-state index is -0.273. The fraction of sp³-hybridized carbons (Fsp3) is 0.333. The van der Waals surface area contributed by atoms with E-state index in [0.29, 0.717) is 33.8 Å². The Balaban J connectivity index is 1.81. The van der Waals surface area contributed by atoms with Crippen LogP contribution in [0.25, 0.3) is 5.57 Å². The zero-order valence-corrected chi connectivity index (χ0v) is 16.9. The molecule has 6 heteroatoms. The van der Waals surface area contributed by atoms with Gasteiger partial charge >= 0.3 is 0 Å². The number of thiophene rings is 1. The maximum atomic E-state index is 13.4. The molecule has 4 nitrogen and oxygen atoms in total. The van der Waals surface area contributed by atoms with Gasteiger partial charge in [0.15, 0.2) is 0 Å². The van der Waals surface area contributed by atoms with E-state index in [9.17, 15) is 9.59 Å². The molecular weight excluding hydrogens is 380 g/mol. The van der Waals surface area contributed by atoms with Gasteiger partial charge in [-0.05, 0) is 47.9 Å². The zero-order chi connectivity index (χ0) is 19.1. The third kappa shape index (κ3) is 3.30. The highest BCUT2D eigenvalue weighted by atomic mass is 35.5. The summed E-state index contributed by atoms with van der Waals surface area (Å²) in [5.41, 5.74) is 1.55. The number of halogens is 1. The number of hydrogen-bond donors (Lipinski definition) is 0. The first-order valence-corrected chi connectivity index (χ1v) is 10.4. The van der Waals surface area contributed by atoms with Crippen molar-refractivity contribution >= 4 is 46.0 Å². The van der Waals surface area contributed by atoms with E-state index in [1.54, 1.807) is 24.3 Å². The summed E-state index contributed by atoms with van der Waals surface area (Å²) in [4.78, 5) is 30.9. The van der Waals surface area contributed by atoms with Crippen LogP contribution in [-0.4, -0.2) is 29.8 Å². The number of nitrogens with zero attached hydrogens (tertiary/aromatic N) is 2. The lowest BCUT2D eigenvalue weighted by Crippen LogP contribution is -2.42. The molecule has 2 aliphatic rings. The second-order valence-corrected chi connectivity index (χ2v) is 8.86. The molecule has 4 rings (SSSR count). The van der Waals surface area contributed by atoms with Crippen LogP contribution in [0.2, 0.25) is 5.02 Å². The van der Waals surface area contributed by atoms with Crippen molar-refractivity contribution in [3.63, 3.8) is 0 Å². The lowest BCUT2D eigenvalue weighted by molar-refractivity contribution is -0.120. The van der Waals surface area contributed by atoms with Gasteiger partial charge in [-0.1, -0.05) is 37.6 Å². The average molecular weight is 401 g/mol. The third-order valence-electron chi connectivity index (χ3n) is 5.08. The van der Waals surface area contributed by atoms with Gasteiger partial charge in [-0.2, -0.15) is 0 Å². The molecular formula is C21H21ClN2O2S. The minimum absolute atomic E-state index is 0.257. The molecule has 0 aliphatic carbocycles. The fourth-order valence-corrected chi connectivity index (χ4v) is 5.10. The molecule has 2 aromatic rings. The van der Waals surface area contributed by atoms with E-state index in [-0.39, 0.29) is 11.8 Å². The maximum absolute atomic E-state index is 13.4. The van der Waals surface area contributed by atoms with Crippen LogP contribution in [0.15, 0.2) is 47.5 Å². The summed E-state index contributed by atoms with van der Waals surface area (Å²) in [5.74, 6) is 0.431. The average Bonchev–Trinajstić information content (AvgIpc) is 3.20. The lowest BCUT2D eigenvalue weighted by Gasteiger charge is -2.37. The van der Waals surface area contributed by atoms with E-state index in [0.717, 1.165) is 24.4 Å². The summed E-state index contributed by atoms with van der Waals surface area (Å²) in [6, 6.07) is 10.7. The van der Waals surface area contributed by atoms with Crippen molar-refractivity contribution in [1.82, 2.24) is 4.90 Å². The number of carbonyl (C=O) groups is 2. The lowest BCUT2D eigenvalue weighted by atomic mass is 9.91. The van der Waals surface area contributed by atoms with Crippen LogP contribution in [0.5, 0.6) is 0 Å². The van der Waals surface area contributed by atoms with Gasteiger partial charge in [-0.25, -0.2) is 4.90 Å². The topological polar surface area (TPSA) is 40.6 Å². The van der Waals surface area contributed by atoms with Crippen molar-refractivity contribution < 1.29 is 9.59 Å². The van der Waals surface area contributed by atoms with Crippen molar-refractivity contribution in [2.24, 2.45) is 11.8 Å². The van der Waals surface area contributed by atoms with Crippen molar-refractivity contribution in [3.05, 3.63) is 57.4 Å². The SMILES string of the molecule is CC1CC(C)CN(C2=C(c3cccs3)C(=O)N(c3cccc(Cl)c3)C2=O)C1. The quantitative estimate of drug-likeness (QED) is 0.703. The molecule has 0 spiro atoms. The number of hydrogen-bond acceptors (Lipinski definition) is 4. The summed E-state index contributed by atoms with van der Waals surface area (Å²) in [6.45, 7) is 5.97. The molecule has 2 atom stereocenters. The van der Waals surface area contributed by atoms with E-state index >= 15 is 0 Å². The number of amides is 2. The molecule has 0 saturated carbocycles. The Labute approximate surface area is 168 Å². The largest absolute Gasteiger partial charge is 0.366 e. The van der Waals surface area contributed by atoms with Crippen LogP contribution in [0.3, 0.4) is 0 Å². The summed E-state index contributed by atoms with van der Waals surface area (Å²) in [6.07, 6.45) is 1.14. The number of imide groups is 1. The Kier molecular flexibility index (Phi) is 4.82. The summed E-state index contributed by atoms with van der Waals surface area (Å²) in [5, 5.41) is 2.43. The van der Waals surface area contributed by atoms with Crippen LogP contribution in [0.4, 0.5) is 5.69 Å². The maximum Gasteiger partial charge on any atom is 0.282 e. The molecule has 2 aliphatic heterocycles. The van der Waals surface area contributed by atoms with Crippen molar-refractivity contribution in [2.75, 3.05) is 18.0 Å². The van der Waals surface area contributed by atoms with Crippen molar-refractivity contribution in [2.45, 2.75) is 20.3 Å². The van der Waals surface area contributed by atoms with Gasteiger partial charge in [-0.15, -0.1) is 11.3 Å². The Morgan fingerprint density at radius 3 is 2.41 bits per heavy atom. The molecule has 2 amide bonds. The van der Waals surface area contributed by atoms with Gasteiger partial charge in [0.1, 0.15) is 5.70 Å². The molecule has 1 aromatic carbocycles. The second kappa shape index (κ2) is 7.13. The summed E-state index contributed by atoms with van der Waals surface area (Å²) < 4.78 is 0. The van der Waals surface area contributed by atoms with Crippen LogP contribution < -0.4 is 4.90 Å². The summed E-state index contributed by atoms with van der Waals surface area (Å²) in [7, 11) is 0. The zero-order valence-electron chi connectivity index (χ0n) is 15.3. The Bertz CT molecular complexity index is 912. The van der Waals surface area contributed by atoms with E-state index in [2.05, 4.69) is 18.7 Å². The standard InChI is InChI=1S/C21H21ClN2O2S/c1-13-9-14(2)12-23(11-13)19-18(17-7-4-8-27-17)20(25)24(21(19)26)16-6-3-5-15(22)10-16/h3-8,10,13-14H,9,11-12H2,1-2H3. The monoisotopic (exact) mass is 400 g/mol.